The molecular weight excluding hydrogens is 340 g/mol. The topological polar surface area (TPSA) is 6.48 Å². The van der Waals surface area contributed by atoms with Gasteiger partial charge in [0.25, 0.3) is 0 Å². The first-order chi connectivity index (χ1) is 13.8. The van der Waals surface area contributed by atoms with E-state index in [1.807, 2.05) is 0 Å². The van der Waals surface area contributed by atoms with Crippen molar-refractivity contribution in [3.63, 3.8) is 0 Å². The van der Waals surface area contributed by atoms with Crippen molar-refractivity contribution in [3.8, 4) is 11.1 Å². The Hall–Kier alpha value is -2.42. The van der Waals surface area contributed by atoms with Crippen LogP contribution in [-0.4, -0.2) is 36.0 Å². The Morgan fingerprint density at radius 3 is 1.82 bits per heavy atom. The van der Waals surface area contributed by atoms with Crippen LogP contribution in [-0.2, 0) is 13.1 Å². The number of hydrogen-bond acceptors (Lipinski definition) is 2. The van der Waals surface area contributed by atoms with Gasteiger partial charge in [0.2, 0.25) is 0 Å². The lowest BCUT2D eigenvalue weighted by Crippen LogP contribution is -2.56. The SMILES string of the molecule is c1ccc(CN2CCC3(C2)CN(Cc2ccc(-c4ccccc4)cc2)C3)cc1. The molecule has 0 N–H and O–H groups in total. The van der Waals surface area contributed by atoms with Gasteiger partial charge in [-0.25, -0.2) is 0 Å². The summed E-state index contributed by atoms with van der Waals surface area (Å²) in [7, 11) is 0. The van der Waals surface area contributed by atoms with Crippen LogP contribution in [0.5, 0.6) is 0 Å². The molecule has 3 aromatic carbocycles. The fourth-order valence-electron chi connectivity index (χ4n) is 4.97. The van der Waals surface area contributed by atoms with Gasteiger partial charge in [-0.1, -0.05) is 84.9 Å². The molecule has 1 spiro atoms. The fraction of sp³-hybridized carbons (Fsp3) is 0.308. The molecule has 5 rings (SSSR count). The lowest BCUT2D eigenvalue weighted by atomic mass is 9.79. The van der Waals surface area contributed by atoms with Gasteiger partial charge in [-0.15, -0.1) is 0 Å². The molecule has 2 heterocycles. The summed E-state index contributed by atoms with van der Waals surface area (Å²) in [6.07, 6.45) is 1.35. The van der Waals surface area contributed by atoms with Crippen LogP contribution in [0.25, 0.3) is 11.1 Å². The summed E-state index contributed by atoms with van der Waals surface area (Å²) in [5, 5.41) is 0. The minimum Gasteiger partial charge on any atom is -0.298 e. The van der Waals surface area contributed by atoms with Gasteiger partial charge in [0, 0.05) is 38.1 Å². The molecule has 0 atom stereocenters. The molecule has 0 amide bonds. The number of rotatable bonds is 5. The van der Waals surface area contributed by atoms with E-state index in [1.54, 1.807) is 0 Å². The van der Waals surface area contributed by atoms with E-state index < -0.39 is 0 Å². The van der Waals surface area contributed by atoms with Crippen molar-refractivity contribution < 1.29 is 0 Å². The van der Waals surface area contributed by atoms with Crippen LogP contribution in [0.1, 0.15) is 17.5 Å². The van der Waals surface area contributed by atoms with Crippen molar-refractivity contribution in [2.45, 2.75) is 19.5 Å². The first kappa shape index (κ1) is 17.7. The first-order valence-corrected chi connectivity index (χ1v) is 10.4. The summed E-state index contributed by atoms with van der Waals surface area (Å²) in [6.45, 7) is 7.18. The highest BCUT2D eigenvalue weighted by Gasteiger charge is 2.47. The van der Waals surface area contributed by atoms with Crippen LogP contribution in [0.4, 0.5) is 0 Å². The van der Waals surface area contributed by atoms with Crippen molar-refractivity contribution in [2.24, 2.45) is 5.41 Å². The lowest BCUT2D eigenvalue weighted by Gasteiger charge is -2.48. The van der Waals surface area contributed by atoms with Gasteiger partial charge in [0.05, 0.1) is 0 Å². The van der Waals surface area contributed by atoms with E-state index in [4.69, 9.17) is 0 Å². The molecule has 3 aromatic rings. The zero-order chi connectivity index (χ0) is 18.8. The predicted molar refractivity (Wildman–Crippen MR) is 116 cm³/mol. The summed E-state index contributed by atoms with van der Waals surface area (Å²) < 4.78 is 0. The summed E-state index contributed by atoms with van der Waals surface area (Å²) in [6, 6.07) is 30.6. The van der Waals surface area contributed by atoms with E-state index in [9.17, 15) is 0 Å². The van der Waals surface area contributed by atoms with E-state index >= 15 is 0 Å². The third-order valence-corrected chi connectivity index (χ3v) is 6.35. The standard InChI is InChI=1S/C26H28N2/c1-3-7-22(8-4-1)17-27-16-15-26(19-27)20-28(21-26)18-23-11-13-25(14-12-23)24-9-5-2-6-10-24/h1-14H,15-21H2. The zero-order valence-corrected chi connectivity index (χ0v) is 16.4. The minimum atomic E-state index is 0.540. The monoisotopic (exact) mass is 368 g/mol. The highest BCUT2D eigenvalue weighted by Crippen LogP contribution is 2.40. The fourth-order valence-corrected chi connectivity index (χ4v) is 4.97. The Balaban J connectivity index is 1.14. The van der Waals surface area contributed by atoms with Gasteiger partial charge in [0.15, 0.2) is 0 Å². The summed E-state index contributed by atoms with van der Waals surface area (Å²) in [5.74, 6) is 0. The second-order valence-electron chi connectivity index (χ2n) is 8.65. The highest BCUT2D eigenvalue weighted by molar-refractivity contribution is 5.63. The lowest BCUT2D eigenvalue weighted by molar-refractivity contribution is 0.00161. The molecule has 0 saturated carbocycles. The van der Waals surface area contributed by atoms with E-state index in [-0.39, 0.29) is 0 Å². The summed E-state index contributed by atoms with van der Waals surface area (Å²) in [4.78, 5) is 5.25. The van der Waals surface area contributed by atoms with Gasteiger partial charge >= 0.3 is 0 Å². The Kier molecular flexibility index (Phi) is 4.76. The van der Waals surface area contributed by atoms with Crippen LogP contribution in [0.15, 0.2) is 84.9 Å². The highest BCUT2D eigenvalue weighted by atomic mass is 15.3. The Morgan fingerprint density at radius 2 is 1.11 bits per heavy atom. The normalized spacial score (nSPS) is 19.0. The molecule has 2 aliphatic rings. The number of nitrogens with zero attached hydrogens (tertiary/aromatic N) is 2. The van der Waals surface area contributed by atoms with Crippen LogP contribution in [0, 0.1) is 5.41 Å². The Bertz CT molecular complexity index is 896. The third-order valence-electron chi connectivity index (χ3n) is 6.35. The number of likely N-dealkylation sites (tertiary alicyclic amines) is 2. The van der Waals surface area contributed by atoms with Crippen molar-refractivity contribution in [2.75, 3.05) is 26.2 Å². The third kappa shape index (κ3) is 3.76. The van der Waals surface area contributed by atoms with Gasteiger partial charge in [-0.05, 0) is 35.2 Å². The molecular formula is C26H28N2. The van der Waals surface area contributed by atoms with Crippen molar-refractivity contribution in [1.82, 2.24) is 9.80 Å². The van der Waals surface area contributed by atoms with Crippen LogP contribution in [0.2, 0.25) is 0 Å². The number of hydrogen-bond donors (Lipinski definition) is 0. The Labute approximate surface area is 168 Å². The molecule has 0 unspecified atom stereocenters. The van der Waals surface area contributed by atoms with Crippen LogP contribution >= 0.6 is 0 Å². The molecule has 28 heavy (non-hydrogen) atoms. The molecule has 0 bridgehead atoms. The van der Waals surface area contributed by atoms with Crippen molar-refractivity contribution in [3.05, 3.63) is 96.1 Å². The largest absolute Gasteiger partial charge is 0.298 e. The molecule has 2 fully saturated rings. The first-order valence-electron chi connectivity index (χ1n) is 10.4. The summed E-state index contributed by atoms with van der Waals surface area (Å²) >= 11 is 0. The molecule has 2 aliphatic heterocycles. The second-order valence-corrected chi connectivity index (χ2v) is 8.65. The molecule has 2 nitrogen and oxygen atoms in total. The maximum absolute atomic E-state index is 2.64. The maximum Gasteiger partial charge on any atom is 0.0234 e. The van der Waals surface area contributed by atoms with E-state index in [0.29, 0.717) is 5.41 Å². The maximum atomic E-state index is 2.64. The predicted octanol–water partition coefficient (Wildman–Crippen LogP) is 5.06. The van der Waals surface area contributed by atoms with E-state index in [1.165, 1.54) is 54.9 Å². The van der Waals surface area contributed by atoms with Gasteiger partial charge < -0.3 is 0 Å². The van der Waals surface area contributed by atoms with E-state index in [2.05, 4.69) is 94.7 Å². The van der Waals surface area contributed by atoms with E-state index in [0.717, 1.165) is 13.1 Å². The minimum absolute atomic E-state index is 0.540. The van der Waals surface area contributed by atoms with Crippen LogP contribution in [0.3, 0.4) is 0 Å². The zero-order valence-electron chi connectivity index (χ0n) is 16.4. The van der Waals surface area contributed by atoms with Gasteiger partial charge in [-0.3, -0.25) is 9.80 Å². The molecule has 0 aromatic heterocycles. The molecule has 0 aliphatic carbocycles. The van der Waals surface area contributed by atoms with Gasteiger partial charge in [-0.2, -0.15) is 0 Å². The van der Waals surface area contributed by atoms with Crippen molar-refractivity contribution >= 4 is 0 Å². The molecule has 142 valence electrons. The number of benzene rings is 3. The molecule has 2 heteroatoms. The van der Waals surface area contributed by atoms with Crippen molar-refractivity contribution in [1.29, 1.82) is 0 Å². The summed E-state index contributed by atoms with van der Waals surface area (Å²) in [5.41, 5.74) is 6.00. The quantitative estimate of drug-likeness (QED) is 0.621. The molecule has 0 radical (unpaired) electrons. The average molecular weight is 369 g/mol. The average Bonchev–Trinajstić information content (AvgIpc) is 3.14. The smallest absolute Gasteiger partial charge is 0.0234 e. The Morgan fingerprint density at radius 1 is 0.571 bits per heavy atom. The van der Waals surface area contributed by atoms with Gasteiger partial charge in [0.1, 0.15) is 0 Å². The second kappa shape index (κ2) is 7.54. The van der Waals surface area contributed by atoms with Crippen LogP contribution < -0.4 is 0 Å². The molecule has 2 saturated heterocycles.